The first-order valence-electron chi connectivity index (χ1n) is 5.90. The first kappa shape index (κ1) is 11.0. The third kappa shape index (κ3) is 2.04. The molecule has 1 aromatic carbocycles. The molecule has 0 radical (unpaired) electrons. The Hall–Kier alpha value is -1.09. The minimum atomic E-state index is -0.550. The smallest absolute Gasteiger partial charge is 0.227 e. The monoisotopic (exact) mass is 253 g/mol. The van der Waals surface area contributed by atoms with Crippen LogP contribution < -0.4 is 5.32 Å². The van der Waals surface area contributed by atoms with E-state index in [2.05, 4.69) is 5.32 Å². The van der Waals surface area contributed by atoms with Crippen molar-refractivity contribution < 1.29 is 9.18 Å². The van der Waals surface area contributed by atoms with Gasteiger partial charge in [0.25, 0.3) is 0 Å². The predicted octanol–water partition coefficient (Wildman–Crippen LogP) is 3.46. The van der Waals surface area contributed by atoms with Crippen molar-refractivity contribution in [1.82, 2.24) is 0 Å². The Morgan fingerprint density at radius 1 is 1.29 bits per heavy atom. The standard InChI is InChI=1S/C13H13ClFNO/c14-10-2-1-3-11(12(10)15)16-13(17)9-5-7-4-8(7)6-9/h1-3,7-9H,4-6H2,(H,16,17). The molecule has 1 N–H and O–H groups in total. The summed E-state index contributed by atoms with van der Waals surface area (Å²) in [5.74, 6) is 0.922. The van der Waals surface area contributed by atoms with E-state index in [9.17, 15) is 9.18 Å². The summed E-state index contributed by atoms with van der Waals surface area (Å²) >= 11 is 5.66. The summed E-state index contributed by atoms with van der Waals surface area (Å²) in [5, 5.41) is 2.67. The zero-order valence-electron chi connectivity index (χ0n) is 9.25. The van der Waals surface area contributed by atoms with E-state index in [0.717, 1.165) is 24.7 Å². The molecule has 3 rings (SSSR count). The van der Waals surface area contributed by atoms with Crippen molar-refractivity contribution in [3.8, 4) is 0 Å². The Kier molecular flexibility index (Phi) is 2.58. The number of benzene rings is 1. The molecule has 4 heteroatoms. The Labute approximate surface area is 104 Å². The molecule has 0 saturated heterocycles. The molecule has 1 amide bonds. The van der Waals surface area contributed by atoms with Crippen LogP contribution in [0.2, 0.25) is 5.02 Å². The molecule has 2 aliphatic rings. The summed E-state index contributed by atoms with van der Waals surface area (Å²) in [7, 11) is 0. The highest BCUT2D eigenvalue weighted by Gasteiger charge is 2.48. The quantitative estimate of drug-likeness (QED) is 0.859. The lowest BCUT2D eigenvalue weighted by Gasteiger charge is -2.13. The fourth-order valence-corrected chi connectivity index (χ4v) is 2.94. The van der Waals surface area contributed by atoms with Crippen LogP contribution in [0, 0.1) is 23.6 Å². The van der Waals surface area contributed by atoms with E-state index in [1.165, 1.54) is 18.6 Å². The van der Waals surface area contributed by atoms with Crippen LogP contribution in [-0.4, -0.2) is 5.91 Å². The number of anilines is 1. The van der Waals surface area contributed by atoms with Crippen molar-refractivity contribution in [2.45, 2.75) is 19.3 Å². The summed E-state index contributed by atoms with van der Waals surface area (Å²) in [4.78, 5) is 11.9. The van der Waals surface area contributed by atoms with Crippen molar-refractivity contribution in [3.05, 3.63) is 29.0 Å². The number of amides is 1. The normalized spacial score (nSPS) is 29.9. The Morgan fingerprint density at radius 3 is 2.71 bits per heavy atom. The van der Waals surface area contributed by atoms with Crippen LogP contribution >= 0.6 is 11.6 Å². The summed E-state index contributed by atoms with van der Waals surface area (Å²) in [6.45, 7) is 0. The van der Waals surface area contributed by atoms with Crippen LogP contribution in [0.3, 0.4) is 0 Å². The van der Waals surface area contributed by atoms with Gasteiger partial charge in [0.2, 0.25) is 5.91 Å². The molecule has 0 aliphatic heterocycles. The molecule has 90 valence electrons. The fourth-order valence-electron chi connectivity index (χ4n) is 2.76. The van der Waals surface area contributed by atoms with E-state index in [-0.39, 0.29) is 22.5 Å². The summed E-state index contributed by atoms with van der Waals surface area (Å²) in [6.07, 6.45) is 3.19. The van der Waals surface area contributed by atoms with E-state index in [1.807, 2.05) is 0 Å². The number of nitrogens with one attached hydrogen (secondary N) is 1. The Morgan fingerprint density at radius 2 is 2.00 bits per heavy atom. The van der Waals surface area contributed by atoms with Crippen molar-refractivity contribution in [2.75, 3.05) is 5.32 Å². The molecule has 0 bridgehead atoms. The third-order valence-electron chi connectivity index (χ3n) is 3.82. The minimum absolute atomic E-state index is 0.0390. The van der Waals surface area contributed by atoms with Crippen molar-refractivity contribution in [1.29, 1.82) is 0 Å². The lowest BCUT2D eigenvalue weighted by Crippen LogP contribution is -2.22. The molecular weight excluding hydrogens is 241 g/mol. The van der Waals surface area contributed by atoms with Gasteiger partial charge in [0.1, 0.15) is 0 Å². The van der Waals surface area contributed by atoms with Crippen LogP contribution in [0.15, 0.2) is 18.2 Å². The molecule has 1 aromatic rings. The van der Waals surface area contributed by atoms with Crippen molar-refractivity contribution >= 4 is 23.2 Å². The molecule has 0 heterocycles. The maximum Gasteiger partial charge on any atom is 0.227 e. The van der Waals surface area contributed by atoms with Gasteiger partial charge in [0.15, 0.2) is 5.82 Å². The fraction of sp³-hybridized carbons (Fsp3) is 0.462. The van der Waals surface area contributed by atoms with E-state index >= 15 is 0 Å². The van der Waals surface area contributed by atoms with Gasteiger partial charge in [-0.2, -0.15) is 0 Å². The predicted molar refractivity (Wildman–Crippen MR) is 64.4 cm³/mol. The van der Waals surface area contributed by atoms with E-state index in [1.54, 1.807) is 6.07 Å². The summed E-state index contributed by atoms with van der Waals surface area (Å²) < 4.78 is 13.6. The minimum Gasteiger partial charge on any atom is -0.323 e. The molecule has 0 aromatic heterocycles. The first-order chi connectivity index (χ1) is 8.15. The van der Waals surface area contributed by atoms with Gasteiger partial charge in [0.05, 0.1) is 10.7 Å². The van der Waals surface area contributed by atoms with Crippen LogP contribution in [-0.2, 0) is 4.79 Å². The highest BCUT2D eigenvalue weighted by atomic mass is 35.5. The van der Waals surface area contributed by atoms with Crippen LogP contribution in [0.4, 0.5) is 10.1 Å². The lowest BCUT2D eigenvalue weighted by atomic mass is 10.0. The topological polar surface area (TPSA) is 29.1 Å². The first-order valence-corrected chi connectivity index (χ1v) is 6.28. The van der Waals surface area contributed by atoms with Gasteiger partial charge in [-0.3, -0.25) is 4.79 Å². The number of hydrogen-bond acceptors (Lipinski definition) is 1. The molecule has 2 atom stereocenters. The molecule has 17 heavy (non-hydrogen) atoms. The molecule has 2 nitrogen and oxygen atoms in total. The molecule has 2 unspecified atom stereocenters. The molecule has 2 fully saturated rings. The van der Waals surface area contributed by atoms with Gasteiger partial charge in [-0.05, 0) is 43.2 Å². The zero-order chi connectivity index (χ0) is 12.0. The number of carbonyl (C=O) groups excluding carboxylic acids is 1. The molecule has 2 saturated carbocycles. The van der Waals surface area contributed by atoms with Gasteiger partial charge in [-0.15, -0.1) is 0 Å². The van der Waals surface area contributed by atoms with E-state index in [0.29, 0.717) is 0 Å². The second kappa shape index (κ2) is 3.98. The second-order valence-corrected chi connectivity index (χ2v) is 5.42. The second-order valence-electron chi connectivity index (χ2n) is 5.01. The van der Waals surface area contributed by atoms with Crippen molar-refractivity contribution in [3.63, 3.8) is 0 Å². The Bertz CT molecular complexity index is 466. The largest absolute Gasteiger partial charge is 0.323 e. The number of halogens is 2. The molecular formula is C13H13ClFNO. The highest BCUT2D eigenvalue weighted by Crippen LogP contribution is 2.54. The lowest BCUT2D eigenvalue weighted by molar-refractivity contribution is -0.120. The molecule has 2 aliphatic carbocycles. The highest BCUT2D eigenvalue weighted by molar-refractivity contribution is 6.31. The maximum atomic E-state index is 13.6. The van der Waals surface area contributed by atoms with Crippen LogP contribution in [0.1, 0.15) is 19.3 Å². The van der Waals surface area contributed by atoms with E-state index in [4.69, 9.17) is 11.6 Å². The third-order valence-corrected chi connectivity index (χ3v) is 4.12. The summed E-state index contributed by atoms with van der Waals surface area (Å²) in [6, 6.07) is 4.64. The zero-order valence-corrected chi connectivity index (χ0v) is 10.0. The van der Waals surface area contributed by atoms with E-state index < -0.39 is 5.82 Å². The molecule has 0 spiro atoms. The summed E-state index contributed by atoms with van der Waals surface area (Å²) in [5.41, 5.74) is 0.183. The number of fused-ring (bicyclic) bond motifs is 1. The van der Waals surface area contributed by atoms with Crippen LogP contribution in [0.5, 0.6) is 0 Å². The average molecular weight is 254 g/mol. The number of rotatable bonds is 2. The van der Waals surface area contributed by atoms with Gasteiger partial charge >= 0.3 is 0 Å². The maximum absolute atomic E-state index is 13.6. The Balaban J connectivity index is 1.69. The van der Waals surface area contributed by atoms with Gasteiger partial charge in [-0.1, -0.05) is 17.7 Å². The van der Waals surface area contributed by atoms with Gasteiger partial charge in [-0.25, -0.2) is 4.39 Å². The SMILES string of the molecule is O=C(Nc1cccc(Cl)c1F)C1CC2CC2C1. The number of carbonyl (C=O) groups is 1. The van der Waals surface area contributed by atoms with Gasteiger partial charge in [0, 0.05) is 5.92 Å². The average Bonchev–Trinajstić information content (AvgIpc) is 2.92. The van der Waals surface area contributed by atoms with Crippen LogP contribution in [0.25, 0.3) is 0 Å². The van der Waals surface area contributed by atoms with Crippen molar-refractivity contribution in [2.24, 2.45) is 17.8 Å². The van der Waals surface area contributed by atoms with Gasteiger partial charge < -0.3 is 5.32 Å². The number of hydrogen-bond donors (Lipinski definition) is 1.